The summed E-state index contributed by atoms with van der Waals surface area (Å²) in [6.07, 6.45) is 8.45. The van der Waals surface area contributed by atoms with Crippen molar-refractivity contribution in [3.8, 4) is 0 Å². The maximum Gasteiger partial charge on any atom is 0.234 e. The lowest BCUT2D eigenvalue weighted by atomic mass is 9.69. The van der Waals surface area contributed by atoms with E-state index in [2.05, 4.69) is 17.1 Å². The van der Waals surface area contributed by atoms with Crippen LogP contribution in [0.2, 0.25) is 0 Å². The average Bonchev–Trinajstić information content (AvgIpc) is 2.93. The van der Waals surface area contributed by atoms with E-state index in [0.717, 1.165) is 24.6 Å². The van der Waals surface area contributed by atoms with Crippen molar-refractivity contribution < 1.29 is 4.52 Å². The van der Waals surface area contributed by atoms with E-state index in [9.17, 15) is 0 Å². The Balaban J connectivity index is 1.54. The first-order chi connectivity index (χ1) is 9.72. The van der Waals surface area contributed by atoms with Crippen molar-refractivity contribution in [3.63, 3.8) is 0 Å². The highest BCUT2D eigenvalue weighted by atomic mass is 16.5. The van der Waals surface area contributed by atoms with Gasteiger partial charge in [0.2, 0.25) is 5.89 Å². The van der Waals surface area contributed by atoms with Crippen molar-refractivity contribution in [2.75, 3.05) is 13.6 Å². The molecular weight excluding hydrogens is 252 g/mol. The van der Waals surface area contributed by atoms with Crippen LogP contribution in [0.5, 0.6) is 0 Å². The molecule has 2 N–H and O–H groups in total. The number of piperidine rings is 1. The summed E-state index contributed by atoms with van der Waals surface area (Å²) in [6, 6.07) is 1.43. The molecule has 1 aromatic rings. The zero-order valence-electron chi connectivity index (χ0n) is 12.2. The minimum Gasteiger partial charge on any atom is -0.339 e. The summed E-state index contributed by atoms with van der Waals surface area (Å²) in [5.74, 6) is 2.22. The summed E-state index contributed by atoms with van der Waals surface area (Å²) in [6.45, 7) is 0.632. The van der Waals surface area contributed by atoms with E-state index in [1.165, 1.54) is 32.1 Å². The molecule has 5 nitrogen and oxygen atoms in total. The van der Waals surface area contributed by atoms with Crippen LogP contribution in [0.25, 0.3) is 0 Å². The Hall–Kier alpha value is -0.940. The summed E-state index contributed by atoms with van der Waals surface area (Å²) >= 11 is 0. The molecule has 4 rings (SSSR count). The van der Waals surface area contributed by atoms with E-state index in [4.69, 9.17) is 15.2 Å². The highest BCUT2D eigenvalue weighted by Crippen LogP contribution is 2.44. The predicted octanol–water partition coefficient (Wildman–Crippen LogP) is 1.79. The fraction of sp³-hybridized carbons (Fsp3) is 0.867. The van der Waals surface area contributed by atoms with Gasteiger partial charge >= 0.3 is 0 Å². The van der Waals surface area contributed by atoms with Crippen molar-refractivity contribution in [2.24, 2.45) is 5.73 Å². The first-order valence-corrected chi connectivity index (χ1v) is 7.98. The van der Waals surface area contributed by atoms with Gasteiger partial charge in [-0.3, -0.25) is 0 Å². The van der Waals surface area contributed by atoms with Gasteiger partial charge < -0.3 is 15.2 Å². The van der Waals surface area contributed by atoms with Gasteiger partial charge in [0.05, 0.1) is 5.41 Å². The molecule has 2 unspecified atom stereocenters. The fourth-order valence-corrected chi connectivity index (χ4v) is 4.35. The second kappa shape index (κ2) is 4.53. The molecule has 2 atom stereocenters. The van der Waals surface area contributed by atoms with E-state index in [0.29, 0.717) is 24.5 Å². The van der Waals surface area contributed by atoms with E-state index in [1.54, 1.807) is 0 Å². The van der Waals surface area contributed by atoms with Crippen LogP contribution in [0.1, 0.15) is 62.6 Å². The third kappa shape index (κ3) is 1.76. The summed E-state index contributed by atoms with van der Waals surface area (Å²) in [7, 11) is 2.26. The van der Waals surface area contributed by atoms with E-state index in [-0.39, 0.29) is 5.41 Å². The topological polar surface area (TPSA) is 68.2 Å². The molecule has 0 radical (unpaired) electrons. The first-order valence-electron chi connectivity index (χ1n) is 7.98. The first kappa shape index (κ1) is 12.8. The van der Waals surface area contributed by atoms with Gasteiger partial charge in [-0.2, -0.15) is 4.98 Å². The Morgan fingerprint density at radius 1 is 1.30 bits per heavy atom. The molecule has 0 aromatic carbocycles. The molecule has 1 saturated carbocycles. The maximum absolute atomic E-state index is 5.93. The lowest BCUT2D eigenvalue weighted by Crippen LogP contribution is -2.42. The SMILES string of the molecule is CN1C2CCC1CC(c1noc(C3(CN)CCC3)n1)C2. The fourth-order valence-electron chi connectivity index (χ4n) is 4.35. The molecule has 0 amide bonds. The lowest BCUT2D eigenvalue weighted by molar-refractivity contribution is 0.157. The predicted molar refractivity (Wildman–Crippen MR) is 75.4 cm³/mol. The molecule has 2 saturated heterocycles. The van der Waals surface area contributed by atoms with Gasteiger partial charge in [0.15, 0.2) is 5.82 Å². The minimum absolute atomic E-state index is 0.00428. The van der Waals surface area contributed by atoms with Crippen molar-refractivity contribution >= 4 is 0 Å². The molecule has 3 fully saturated rings. The largest absolute Gasteiger partial charge is 0.339 e. The zero-order valence-corrected chi connectivity index (χ0v) is 12.2. The summed E-state index contributed by atoms with van der Waals surface area (Å²) in [5.41, 5.74) is 5.92. The van der Waals surface area contributed by atoms with E-state index in [1.807, 2.05) is 0 Å². The standard InChI is InChI=1S/C15H24N4O/c1-19-11-3-4-12(19)8-10(7-11)13-17-14(20-18-13)15(9-16)5-2-6-15/h10-12H,2-9,16H2,1H3. The Labute approximate surface area is 119 Å². The van der Waals surface area contributed by atoms with Crippen molar-refractivity contribution in [2.45, 2.75) is 68.4 Å². The Bertz CT molecular complexity index is 476. The molecule has 5 heteroatoms. The number of nitrogens with zero attached hydrogens (tertiary/aromatic N) is 3. The van der Waals surface area contributed by atoms with Gasteiger partial charge in [0, 0.05) is 24.5 Å². The second-order valence-corrected chi connectivity index (χ2v) is 7.01. The van der Waals surface area contributed by atoms with Crippen LogP contribution in [0.15, 0.2) is 4.52 Å². The molecule has 2 aliphatic heterocycles. The number of fused-ring (bicyclic) bond motifs is 2. The molecule has 110 valence electrons. The number of rotatable bonds is 3. The third-order valence-corrected chi connectivity index (χ3v) is 6.06. The average molecular weight is 276 g/mol. The number of hydrogen-bond donors (Lipinski definition) is 1. The van der Waals surface area contributed by atoms with Gasteiger partial charge in [-0.05, 0) is 45.6 Å². The number of aromatic nitrogens is 2. The van der Waals surface area contributed by atoms with Gasteiger partial charge in [0.25, 0.3) is 0 Å². The van der Waals surface area contributed by atoms with Crippen LogP contribution in [0, 0.1) is 0 Å². The highest BCUT2D eigenvalue weighted by molar-refractivity contribution is 5.13. The molecule has 3 aliphatic rings. The van der Waals surface area contributed by atoms with Crippen molar-refractivity contribution in [1.29, 1.82) is 0 Å². The monoisotopic (exact) mass is 276 g/mol. The van der Waals surface area contributed by atoms with Gasteiger partial charge in [-0.15, -0.1) is 0 Å². The maximum atomic E-state index is 5.93. The molecular formula is C15H24N4O. The molecule has 3 heterocycles. The smallest absolute Gasteiger partial charge is 0.234 e. The lowest BCUT2D eigenvalue weighted by Gasteiger charge is -2.37. The molecule has 20 heavy (non-hydrogen) atoms. The second-order valence-electron chi connectivity index (χ2n) is 7.01. The minimum atomic E-state index is -0.00428. The van der Waals surface area contributed by atoms with Crippen LogP contribution in [0.4, 0.5) is 0 Å². The number of nitrogens with two attached hydrogens (primary N) is 1. The Kier molecular flexibility index (Phi) is 2.89. The van der Waals surface area contributed by atoms with E-state index >= 15 is 0 Å². The summed E-state index contributed by atoms with van der Waals surface area (Å²) in [4.78, 5) is 7.29. The quantitative estimate of drug-likeness (QED) is 0.911. The van der Waals surface area contributed by atoms with Crippen molar-refractivity contribution in [3.05, 3.63) is 11.7 Å². The Morgan fingerprint density at radius 3 is 2.55 bits per heavy atom. The van der Waals surface area contributed by atoms with Crippen LogP contribution in [0.3, 0.4) is 0 Å². The van der Waals surface area contributed by atoms with E-state index < -0.39 is 0 Å². The summed E-state index contributed by atoms with van der Waals surface area (Å²) < 4.78 is 5.58. The van der Waals surface area contributed by atoms with Crippen molar-refractivity contribution in [1.82, 2.24) is 15.0 Å². The van der Waals surface area contributed by atoms with Crippen LogP contribution in [-0.2, 0) is 5.41 Å². The third-order valence-electron chi connectivity index (χ3n) is 6.06. The molecule has 2 bridgehead atoms. The highest BCUT2D eigenvalue weighted by Gasteiger charge is 2.44. The van der Waals surface area contributed by atoms with Gasteiger partial charge in [-0.25, -0.2) is 0 Å². The Morgan fingerprint density at radius 2 is 2.00 bits per heavy atom. The van der Waals surface area contributed by atoms with Crippen LogP contribution >= 0.6 is 0 Å². The van der Waals surface area contributed by atoms with Crippen LogP contribution < -0.4 is 5.73 Å². The zero-order chi connectivity index (χ0) is 13.7. The van der Waals surface area contributed by atoms with Gasteiger partial charge in [0.1, 0.15) is 0 Å². The molecule has 1 aliphatic carbocycles. The normalized spacial score (nSPS) is 36.0. The van der Waals surface area contributed by atoms with Crippen LogP contribution in [-0.4, -0.2) is 40.7 Å². The number of hydrogen-bond acceptors (Lipinski definition) is 5. The molecule has 1 aromatic heterocycles. The summed E-state index contributed by atoms with van der Waals surface area (Å²) in [5, 5.41) is 4.30. The molecule has 0 spiro atoms. The van der Waals surface area contributed by atoms with Gasteiger partial charge in [-0.1, -0.05) is 11.6 Å².